The van der Waals surface area contributed by atoms with E-state index < -0.39 is 11.9 Å². The van der Waals surface area contributed by atoms with Gasteiger partial charge in [-0.15, -0.1) is 11.3 Å². The molecule has 1 aromatic carbocycles. The molecule has 0 bridgehead atoms. The molecule has 18 heavy (non-hydrogen) atoms. The van der Waals surface area contributed by atoms with Crippen LogP contribution in [0.3, 0.4) is 0 Å². The zero-order valence-corrected chi connectivity index (χ0v) is 11.3. The summed E-state index contributed by atoms with van der Waals surface area (Å²) >= 11 is 7.22. The van der Waals surface area contributed by atoms with E-state index in [2.05, 4.69) is 0 Å². The van der Waals surface area contributed by atoms with E-state index in [9.17, 15) is 9.50 Å². The van der Waals surface area contributed by atoms with Gasteiger partial charge >= 0.3 is 0 Å². The van der Waals surface area contributed by atoms with Crippen molar-refractivity contribution < 1.29 is 14.2 Å². The van der Waals surface area contributed by atoms with Gasteiger partial charge in [-0.3, -0.25) is 0 Å². The van der Waals surface area contributed by atoms with Crippen LogP contribution in [0.4, 0.5) is 4.39 Å². The van der Waals surface area contributed by atoms with Crippen LogP contribution < -0.4 is 4.74 Å². The molecule has 0 saturated heterocycles. The third-order valence-corrected chi connectivity index (χ3v) is 3.64. The summed E-state index contributed by atoms with van der Waals surface area (Å²) in [6.45, 7) is 1.87. The molecule has 1 aromatic heterocycles. The maximum absolute atomic E-state index is 13.6. The van der Waals surface area contributed by atoms with Crippen LogP contribution in [0.15, 0.2) is 30.3 Å². The summed E-state index contributed by atoms with van der Waals surface area (Å²) < 4.78 is 19.7. The first-order valence-corrected chi connectivity index (χ1v) is 6.60. The van der Waals surface area contributed by atoms with Crippen LogP contribution in [-0.2, 0) is 6.61 Å². The molecular formula is C13H12ClFO2S. The molecule has 1 N–H and O–H groups in total. The van der Waals surface area contributed by atoms with Crippen LogP contribution in [0, 0.1) is 5.82 Å². The first-order chi connectivity index (χ1) is 8.56. The maximum atomic E-state index is 13.6. The molecular weight excluding hydrogens is 275 g/mol. The Morgan fingerprint density at radius 3 is 2.72 bits per heavy atom. The van der Waals surface area contributed by atoms with Gasteiger partial charge in [0.1, 0.15) is 18.2 Å². The molecule has 0 fully saturated rings. The summed E-state index contributed by atoms with van der Waals surface area (Å²) in [4.78, 5) is 0.972. The fourth-order valence-electron chi connectivity index (χ4n) is 1.52. The molecule has 2 aromatic rings. The Kier molecular flexibility index (Phi) is 4.22. The van der Waals surface area contributed by atoms with E-state index in [1.165, 1.54) is 30.4 Å². The second kappa shape index (κ2) is 5.69. The van der Waals surface area contributed by atoms with E-state index in [4.69, 9.17) is 16.3 Å². The second-order valence-corrected chi connectivity index (χ2v) is 5.65. The molecule has 0 aliphatic carbocycles. The van der Waals surface area contributed by atoms with Crippen LogP contribution in [0.2, 0.25) is 4.34 Å². The van der Waals surface area contributed by atoms with Gasteiger partial charge in [0, 0.05) is 16.5 Å². The van der Waals surface area contributed by atoms with Gasteiger partial charge in [0.25, 0.3) is 0 Å². The Morgan fingerprint density at radius 2 is 2.17 bits per heavy atom. The number of benzene rings is 1. The predicted octanol–water partition coefficient (Wildman–Crippen LogP) is 4.17. The lowest BCUT2D eigenvalue weighted by atomic mass is 10.1. The third kappa shape index (κ3) is 3.22. The Morgan fingerprint density at radius 1 is 1.39 bits per heavy atom. The van der Waals surface area contributed by atoms with Gasteiger partial charge in [0.2, 0.25) is 0 Å². The van der Waals surface area contributed by atoms with Crippen LogP contribution in [0.1, 0.15) is 23.5 Å². The Hall–Kier alpha value is -1.10. The highest BCUT2D eigenvalue weighted by Gasteiger charge is 2.09. The minimum atomic E-state index is -0.824. The zero-order chi connectivity index (χ0) is 13.1. The molecule has 0 radical (unpaired) electrons. The average molecular weight is 287 g/mol. The first kappa shape index (κ1) is 13.3. The number of aliphatic hydroxyl groups is 1. The van der Waals surface area contributed by atoms with Crippen molar-refractivity contribution in [2.75, 3.05) is 0 Å². The molecule has 96 valence electrons. The largest absolute Gasteiger partial charge is 0.488 e. The highest BCUT2D eigenvalue weighted by Crippen LogP contribution is 2.25. The molecule has 0 aliphatic rings. The molecule has 0 amide bonds. The molecule has 0 spiro atoms. The average Bonchev–Trinajstić information content (AvgIpc) is 2.72. The van der Waals surface area contributed by atoms with Gasteiger partial charge in [0.05, 0.1) is 10.4 Å². The fraction of sp³-hybridized carbons (Fsp3) is 0.231. The van der Waals surface area contributed by atoms with E-state index in [0.717, 1.165) is 4.88 Å². The van der Waals surface area contributed by atoms with Crippen molar-refractivity contribution in [2.45, 2.75) is 19.6 Å². The summed E-state index contributed by atoms with van der Waals surface area (Å²) in [6.07, 6.45) is -0.824. The number of hydrogen-bond donors (Lipinski definition) is 1. The van der Waals surface area contributed by atoms with Crippen molar-refractivity contribution in [3.8, 4) is 5.75 Å². The van der Waals surface area contributed by atoms with Crippen molar-refractivity contribution >= 4 is 22.9 Å². The van der Waals surface area contributed by atoms with Crippen LogP contribution >= 0.6 is 22.9 Å². The minimum Gasteiger partial charge on any atom is -0.488 e. The second-order valence-electron chi connectivity index (χ2n) is 3.85. The van der Waals surface area contributed by atoms with Crippen LogP contribution in [-0.4, -0.2) is 5.11 Å². The number of halogens is 2. The molecule has 2 rings (SSSR count). The van der Waals surface area contributed by atoms with Crippen molar-refractivity contribution in [1.29, 1.82) is 0 Å². The first-order valence-electron chi connectivity index (χ1n) is 5.41. The summed E-state index contributed by atoms with van der Waals surface area (Å²) in [7, 11) is 0. The normalized spacial score (nSPS) is 12.4. The maximum Gasteiger partial charge on any atom is 0.132 e. The lowest BCUT2D eigenvalue weighted by Crippen LogP contribution is -1.98. The van der Waals surface area contributed by atoms with E-state index in [1.807, 2.05) is 6.07 Å². The summed E-state index contributed by atoms with van der Waals surface area (Å²) in [5.74, 6) is -0.0341. The molecule has 1 heterocycles. The number of aliphatic hydroxyl groups excluding tert-OH is 1. The Labute approximate surface area is 114 Å². The van der Waals surface area contributed by atoms with Crippen molar-refractivity contribution in [3.63, 3.8) is 0 Å². The van der Waals surface area contributed by atoms with Gasteiger partial charge in [-0.1, -0.05) is 11.6 Å². The molecule has 0 saturated carbocycles. The zero-order valence-electron chi connectivity index (χ0n) is 9.69. The highest BCUT2D eigenvalue weighted by molar-refractivity contribution is 7.16. The fourth-order valence-corrected chi connectivity index (χ4v) is 2.52. The van der Waals surface area contributed by atoms with Gasteiger partial charge in [-0.2, -0.15) is 0 Å². The molecule has 1 atom stereocenters. The van der Waals surface area contributed by atoms with E-state index in [-0.39, 0.29) is 5.56 Å². The number of thiophene rings is 1. The van der Waals surface area contributed by atoms with Crippen molar-refractivity contribution in [1.82, 2.24) is 0 Å². The molecule has 5 heteroatoms. The lowest BCUT2D eigenvalue weighted by Gasteiger charge is -2.09. The number of ether oxygens (including phenoxy) is 1. The monoisotopic (exact) mass is 286 g/mol. The van der Waals surface area contributed by atoms with Gasteiger partial charge in [-0.25, -0.2) is 4.39 Å². The predicted molar refractivity (Wildman–Crippen MR) is 70.7 cm³/mol. The van der Waals surface area contributed by atoms with Gasteiger partial charge in [-0.05, 0) is 31.2 Å². The molecule has 2 nitrogen and oxygen atoms in total. The van der Waals surface area contributed by atoms with Gasteiger partial charge in [0.15, 0.2) is 0 Å². The van der Waals surface area contributed by atoms with Crippen LogP contribution in [0.25, 0.3) is 0 Å². The highest BCUT2D eigenvalue weighted by atomic mass is 35.5. The number of rotatable bonds is 4. The van der Waals surface area contributed by atoms with Crippen molar-refractivity contribution in [2.24, 2.45) is 0 Å². The van der Waals surface area contributed by atoms with Gasteiger partial charge < -0.3 is 9.84 Å². The molecule has 0 unspecified atom stereocenters. The third-order valence-electron chi connectivity index (χ3n) is 2.43. The SMILES string of the molecule is C[C@H](O)c1ccc(OCc2ccc(Cl)s2)cc1F. The van der Waals surface area contributed by atoms with Crippen molar-refractivity contribution in [3.05, 3.63) is 50.9 Å². The van der Waals surface area contributed by atoms with E-state index in [0.29, 0.717) is 16.7 Å². The topological polar surface area (TPSA) is 29.5 Å². The number of hydrogen-bond acceptors (Lipinski definition) is 3. The standard InChI is InChI=1S/C13H12ClFO2S/c1-8(16)11-4-2-9(6-12(11)15)17-7-10-3-5-13(14)18-10/h2-6,8,16H,7H2,1H3/t8-/m0/s1. The Balaban J connectivity index is 2.04. The quantitative estimate of drug-likeness (QED) is 0.914. The van der Waals surface area contributed by atoms with Crippen LogP contribution in [0.5, 0.6) is 5.75 Å². The Bertz CT molecular complexity index is 540. The smallest absolute Gasteiger partial charge is 0.132 e. The molecule has 0 aliphatic heterocycles. The lowest BCUT2D eigenvalue weighted by molar-refractivity contribution is 0.194. The minimum absolute atomic E-state index is 0.265. The summed E-state index contributed by atoms with van der Waals surface area (Å²) in [5, 5.41) is 9.31. The van der Waals surface area contributed by atoms with E-state index in [1.54, 1.807) is 12.1 Å². The summed E-state index contributed by atoms with van der Waals surface area (Å²) in [5.41, 5.74) is 0.265. The summed E-state index contributed by atoms with van der Waals surface area (Å²) in [6, 6.07) is 8.10. The van der Waals surface area contributed by atoms with E-state index >= 15 is 0 Å².